The average molecular weight is 287 g/mol. The maximum Gasteiger partial charge on any atom is 1.00 e. The second-order valence-electron chi connectivity index (χ2n) is 2.73. The van der Waals surface area contributed by atoms with Crippen LogP contribution in [0.5, 0.6) is 0 Å². The number of esters is 2. The number of rotatable bonds is 7. The molecule has 0 aliphatic carbocycles. The SMILES string of the molecule is C=CCOC(=O)C(O)C(O)C(=O)OCC=C.N.[H-].[K+]. The molecule has 0 saturated heterocycles. The Bertz CT molecular complexity index is 261. The van der Waals surface area contributed by atoms with Crippen molar-refractivity contribution >= 4 is 11.9 Å². The van der Waals surface area contributed by atoms with E-state index in [2.05, 4.69) is 22.6 Å². The van der Waals surface area contributed by atoms with Gasteiger partial charge in [-0.15, -0.1) is 0 Å². The smallest absolute Gasteiger partial charge is 1.00 e. The normalized spacial score (nSPS) is 11.9. The van der Waals surface area contributed by atoms with Crippen molar-refractivity contribution in [3.8, 4) is 0 Å². The Hall–Kier alpha value is -0.0636. The molecular weight excluding hydrogens is 269 g/mol. The molecule has 0 spiro atoms. The molecule has 0 aromatic carbocycles. The van der Waals surface area contributed by atoms with Gasteiger partial charge in [0.05, 0.1) is 0 Å². The van der Waals surface area contributed by atoms with E-state index in [1.54, 1.807) is 0 Å². The van der Waals surface area contributed by atoms with E-state index >= 15 is 0 Å². The van der Waals surface area contributed by atoms with Gasteiger partial charge in [-0.2, -0.15) is 0 Å². The zero-order valence-electron chi connectivity index (χ0n) is 11.4. The first-order chi connectivity index (χ1) is 7.54. The third-order valence-electron chi connectivity index (χ3n) is 1.47. The van der Waals surface area contributed by atoms with Gasteiger partial charge in [0, 0.05) is 0 Å². The quantitative estimate of drug-likeness (QED) is 0.251. The molecule has 0 aliphatic heterocycles. The largest absolute Gasteiger partial charge is 1.00 e. The van der Waals surface area contributed by atoms with E-state index in [4.69, 9.17) is 0 Å². The Morgan fingerprint density at radius 3 is 1.56 bits per heavy atom. The molecule has 8 heteroatoms. The van der Waals surface area contributed by atoms with Crippen LogP contribution in [0.1, 0.15) is 1.43 Å². The molecule has 0 amide bonds. The van der Waals surface area contributed by atoms with Gasteiger partial charge in [-0.05, 0) is 0 Å². The summed E-state index contributed by atoms with van der Waals surface area (Å²) in [5.74, 6) is -2.24. The molecule has 0 aliphatic rings. The third-order valence-corrected chi connectivity index (χ3v) is 1.47. The second-order valence-corrected chi connectivity index (χ2v) is 2.73. The molecule has 7 nitrogen and oxygen atoms in total. The van der Waals surface area contributed by atoms with Gasteiger partial charge in [-0.25, -0.2) is 9.59 Å². The zero-order chi connectivity index (χ0) is 12.6. The molecule has 100 valence electrons. The van der Waals surface area contributed by atoms with Gasteiger partial charge in [0.15, 0.2) is 12.2 Å². The van der Waals surface area contributed by atoms with Crippen LogP contribution >= 0.6 is 0 Å². The topological polar surface area (TPSA) is 128 Å². The number of aliphatic hydroxyl groups excluding tert-OH is 2. The first kappa shape index (κ1) is 23.1. The van der Waals surface area contributed by atoms with Crippen LogP contribution in [0, 0.1) is 0 Å². The number of carbonyl (C=O) groups is 2. The van der Waals surface area contributed by atoms with E-state index in [0.29, 0.717) is 0 Å². The van der Waals surface area contributed by atoms with Crippen LogP contribution in [0.4, 0.5) is 0 Å². The number of hydrogen-bond donors (Lipinski definition) is 3. The molecule has 0 saturated carbocycles. The van der Waals surface area contributed by atoms with Crippen molar-refractivity contribution in [3.63, 3.8) is 0 Å². The monoisotopic (exact) mass is 287 g/mol. The number of aliphatic hydroxyl groups is 2. The van der Waals surface area contributed by atoms with E-state index in [-0.39, 0.29) is 72.2 Å². The van der Waals surface area contributed by atoms with Crippen LogP contribution in [0.15, 0.2) is 25.3 Å². The van der Waals surface area contributed by atoms with Gasteiger partial charge >= 0.3 is 63.3 Å². The molecule has 0 bridgehead atoms. The summed E-state index contributed by atoms with van der Waals surface area (Å²) < 4.78 is 8.87. The summed E-state index contributed by atoms with van der Waals surface area (Å²) in [4.78, 5) is 22.0. The van der Waals surface area contributed by atoms with E-state index in [1.807, 2.05) is 0 Å². The fraction of sp³-hybridized carbons (Fsp3) is 0.400. The van der Waals surface area contributed by atoms with Crippen molar-refractivity contribution in [2.45, 2.75) is 12.2 Å². The predicted molar refractivity (Wildman–Crippen MR) is 60.5 cm³/mol. The number of hydrogen-bond acceptors (Lipinski definition) is 7. The van der Waals surface area contributed by atoms with Gasteiger partial charge in [0.2, 0.25) is 0 Å². The maximum absolute atomic E-state index is 11.0. The summed E-state index contributed by atoms with van der Waals surface area (Å²) in [6.07, 6.45) is -1.38. The molecule has 2 unspecified atom stereocenters. The minimum absolute atomic E-state index is 0. The fourth-order valence-electron chi connectivity index (χ4n) is 0.711. The van der Waals surface area contributed by atoms with Crippen molar-refractivity contribution in [3.05, 3.63) is 25.3 Å². The number of ether oxygens (including phenoxy) is 2. The minimum atomic E-state index is -1.97. The molecule has 0 aromatic heterocycles. The van der Waals surface area contributed by atoms with Crippen LogP contribution in [-0.4, -0.2) is 47.6 Å². The molecule has 0 aromatic rings. The first-order valence-corrected chi connectivity index (χ1v) is 4.45. The van der Waals surface area contributed by atoms with Crippen molar-refractivity contribution in [2.75, 3.05) is 13.2 Å². The van der Waals surface area contributed by atoms with Crippen LogP contribution in [0.3, 0.4) is 0 Å². The summed E-state index contributed by atoms with van der Waals surface area (Å²) in [5, 5.41) is 18.4. The van der Waals surface area contributed by atoms with Crippen molar-refractivity contribution < 1.29 is 82.1 Å². The number of carbonyl (C=O) groups excluding carboxylic acids is 2. The maximum atomic E-state index is 11.0. The van der Waals surface area contributed by atoms with Crippen molar-refractivity contribution in [2.24, 2.45) is 0 Å². The molecule has 5 N–H and O–H groups in total. The van der Waals surface area contributed by atoms with Crippen molar-refractivity contribution in [1.29, 1.82) is 0 Å². The molecule has 18 heavy (non-hydrogen) atoms. The Morgan fingerprint density at radius 1 is 1.06 bits per heavy atom. The molecule has 0 rings (SSSR count). The predicted octanol–water partition coefficient (Wildman–Crippen LogP) is -3.55. The van der Waals surface area contributed by atoms with Crippen LogP contribution in [0.2, 0.25) is 0 Å². The van der Waals surface area contributed by atoms with Gasteiger partial charge in [-0.1, -0.05) is 25.3 Å². The third kappa shape index (κ3) is 8.95. The molecule has 0 radical (unpaired) electrons. The van der Waals surface area contributed by atoms with Crippen LogP contribution in [0.25, 0.3) is 0 Å². The van der Waals surface area contributed by atoms with E-state index in [9.17, 15) is 19.8 Å². The molecule has 0 heterocycles. The zero-order valence-corrected chi connectivity index (χ0v) is 13.5. The summed E-state index contributed by atoms with van der Waals surface area (Å²) >= 11 is 0. The minimum Gasteiger partial charge on any atom is -1.00 e. The van der Waals surface area contributed by atoms with Crippen molar-refractivity contribution in [1.82, 2.24) is 6.15 Å². The summed E-state index contributed by atoms with van der Waals surface area (Å²) in [6.45, 7) is 6.34. The first-order valence-electron chi connectivity index (χ1n) is 4.45. The Balaban J connectivity index is -0.000000375. The fourth-order valence-corrected chi connectivity index (χ4v) is 0.711. The van der Waals surface area contributed by atoms with Gasteiger partial charge in [0.25, 0.3) is 0 Å². The average Bonchev–Trinajstić information content (AvgIpc) is 2.30. The second kappa shape index (κ2) is 13.4. The van der Waals surface area contributed by atoms with E-state index in [0.717, 1.165) is 0 Å². The summed E-state index contributed by atoms with van der Waals surface area (Å²) in [6, 6.07) is 0. The standard InChI is InChI=1S/C10H14O6.K.H3N.H/c1-3-5-15-9(13)7(11)8(12)10(14)16-6-4-2;;;/h3-4,7-8,11-12H,1-2,5-6H2;;1H3;/q;+1;;-1. The molecule has 2 atom stereocenters. The molecular formula is C10H18KNO6. The van der Waals surface area contributed by atoms with Gasteiger partial charge in [0.1, 0.15) is 13.2 Å². The van der Waals surface area contributed by atoms with E-state index in [1.165, 1.54) is 12.2 Å². The Morgan fingerprint density at radius 2 is 1.33 bits per heavy atom. The van der Waals surface area contributed by atoms with E-state index < -0.39 is 24.1 Å². The summed E-state index contributed by atoms with van der Waals surface area (Å²) in [5.41, 5.74) is 0. The Kier molecular flexibility index (Phi) is 17.1. The van der Waals surface area contributed by atoms with Gasteiger partial charge in [-0.3, -0.25) is 0 Å². The molecule has 0 fully saturated rings. The summed E-state index contributed by atoms with van der Waals surface area (Å²) in [7, 11) is 0. The van der Waals surface area contributed by atoms with Crippen LogP contribution in [-0.2, 0) is 19.1 Å². The van der Waals surface area contributed by atoms with Crippen LogP contribution < -0.4 is 57.5 Å². The van der Waals surface area contributed by atoms with Gasteiger partial charge < -0.3 is 27.3 Å². The Labute approximate surface area is 149 Å².